The fourth-order valence-corrected chi connectivity index (χ4v) is 10.4. The molecule has 0 aliphatic carbocycles. The van der Waals surface area contributed by atoms with Gasteiger partial charge in [0.05, 0.1) is 39.6 Å². The molecule has 22 rings (SSSR count). The summed E-state index contributed by atoms with van der Waals surface area (Å²) in [6.45, 7) is -1.71. The monoisotopic (exact) mass is 1110 g/mol. The van der Waals surface area contributed by atoms with Gasteiger partial charge in [-0.25, -0.2) is 0 Å². The van der Waals surface area contributed by atoms with E-state index in [1.54, 1.807) is 0 Å². The fraction of sp³-hybridized carbons (Fsp3) is 1.00. The first-order chi connectivity index (χ1) is 36.5. The molecule has 444 valence electrons. The summed E-state index contributed by atoms with van der Waals surface area (Å²) in [6.07, 6.45) is -50.8. The molecule has 0 unspecified atom stereocenters. The van der Waals surface area contributed by atoms with Gasteiger partial charge in [-0.1, -0.05) is 39.5 Å². The van der Waals surface area contributed by atoms with Crippen LogP contribution in [0.25, 0.3) is 0 Å². The number of rotatable bonds is 16. The highest BCUT2D eigenvalue weighted by Gasteiger charge is 2.59. The predicted molar refractivity (Wildman–Crippen MR) is 242 cm³/mol. The van der Waals surface area contributed by atoms with Gasteiger partial charge in [0.25, 0.3) is 0 Å². The summed E-state index contributed by atoms with van der Waals surface area (Å²) < 4.78 is 83.6. The molecule has 22 fully saturated rings. The van der Waals surface area contributed by atoms with Gasteiger partial charge in [-0.2, -0.15) is 0 Å². The Balaban J connectivity index is 1.24. The van der Waals surface area contributed by atoms with E-state index >= 15 is 0 Å². The lowest BCUT2D eigenvalue weighted by Gasteiger charge is -2.51. The summed E-state index contributed by atoms with van der Waals surface area (Å²) in [5, 5.41) is 179. The van der Waals surface area contributed by atoms with E-state index in [4.69, 9.17) is 66.3 Å². The van der Waals surface area contributed by atoms with Gasteiger partial charge in [-0.05, 0) is 12.8 Å². The van der Waals surface area contributed by atoms with E-state index in [0.717, 1.165) is 12.8 Å². The molecule has 16 N–H and O–H groups in total. The summed E-state index contributed by atoms with van der Waals surface area (Å²) in [6, 6.07) is 0. The van der Waals surface area contributed by atoms with Crippen molar-refractivity contribution in [1.29, 1.82) is 0 Å². The van der Waals surface area contributed by atoms with Crippen molar-refractivity contribution in [2.24, 2.45) is 0 Å². The van der Waals surface area contributed by atoms with Gasteiger partial charge in [0.15, 0.2) is 37.7 Å². The van der Waals surface area contributed by atoms with Gasteiger partial charge >= 0.3 is 0 Å². The molecule has 12 bridgehead atoms. The SMILES string of the molecule is CCCCCO[C@@H]1[C@@H](O)[C@H]2O[C@@H]3[C@H](OCCCCC)[C@@H](O)[C@@H](O[C@H]4[C@H](O)[C@@H](O)[C@@H](O[C@H]5[C@H](O)[C@@H](O)[C@@H](O[C@H]6[C@H](O)[C@@H](O)[C@@H](O[C@H]7[C@H](O)[C@@H](O)[C@@H](O[C@H]1[C@@H](CO)O2)O[C@@H]7CO)O[C@@H]6CO)O[C@@H]5CO)O[C@@H]4CO)O[C@@H]3CO. The van der Waals surface area contributed by atoms with Gasteiger partial charge in [0.1, 0.15) is 146 Å². The largest absolute Gasteiger partial charge is 0.394 e. The van der Waals surface area contributed by atoms with E-state index in [-0.39, 0.29) is 13.2 Å². The van der Waals surface area contributed by atoms with E-state index in [2.05, 4.69) is 0 Å². The van der Waals surface area contributed by atoms with E-state index in [9.17, 15) is 81.7 Å². The minimum Gasteiger partial charge on any atom is -0.394 e. The minimum absolute atomic E-state index is 0.00227. The van der Waals surface area contributed by atoms with E-state index in [1.165, 1.54) is 0 Å². The molecule has 22 heterocycles. The van der Waals surface area contributed by atoms with Crippen molar-refractivity contribution in [2.45, 2.75) is 237 Å². The third-order valence-electron chi connectivity index (χ3n) is 14.7. The van der Waals surface area contributed by atoms with E-state index in [0.29, 0.717) is 25.7 Å². The van der Waals surface area contributed by atoms with Crippen LogP contribution in [-0.4, -0.2) is 319 Å². The first kappa shape index (κ1) is 62.4. The predicted octanol–water partition coefficient (Wildman–Crippen LogP) is -8.63. The Kier molecular flexibility index (Phi) is 23.5. The zero-order valence-corrected chi connectivity index (χ0v) is 42.1. The second-order valence-electron chi connectivity index (χ2n) is 19.9. The van der Waals surface area contributed by atoms with Gasteiger partial charge in [0.2, 0.25) is 0 Å². The molecule has 22 aliphatic rings. The summed E-state index contributed by atoms with van der Waals surface area (Å²) >= 11 is 0. The minimum atomic E-state index is -2.13. The third-order valence-corrected chi connectivity index (χ3v) is 14.7. The molecule has 30 heteroatoms. The van der Waals surface area contributed by atoms with Crippen molar-refractivity contribution in [3.05, 3.63) is 0 Å². The normalized spacial score (nSPS) is 49.7. The highest BCUT2D eigenvalue weighted by molar-refractivity contribution is 5.01. The smallest absolute Gasteiger partial charge is 0.187 e. The number of aliphatic hydroxyl groups is 16. The highest BCUT2D eigenvalue weighted by atomic mass is 16.8. The topological polar surface area (TPSA) is 453 Å². The molecule has 0 saturated carbocycles. The van der Waals surface area contributed by atoms with Crippen molar-refractivity contribution in [2.75, 3.05) is 52.9 Å². The maximum atomic E-state index is 12.1. The van der Waals surface area contributed by atoms with Crippen LogP contribution in [0, 0.1) is 0 Å². The van der Waals surface area contributed by atoms with Crippen LogP contribution in [0.4, 0.5) is 0 Å². The Morgan fingerprint density at radius 1 is 0.263 bits per heavy atom. The van der Waals surface area contributed by atoms with Gasteiger partial charge in [-0.15, -0.1) is 0 Å². The maximum absolute atomic E-state index is 12.1. The summed E-state index contributed by atoms with van der Waals surface area (Å²) in [4.78, 5) is 0. The Hall–Kier alpha value is -1.20. The molecule has 22 saturated heterocycles. The molecule has 0 spiro atoms. The summed E-state index contributed by atoms with van der Waals surface area (Å²) in [5.41, 5.74) is 0. The van der Waals surface area contributed by atoms with Crippen LogP contribution in [0.5, 0.6) is 0 Å². The standard InChI is InChI=1S/C46H80O30/c1-3-5-7-9-63-39-31(61)45-69-22(16-52)38(39)76-46-32(62)40(64-10-8-6-4-2)37(21(15-51)70-46)75-44-30(60)26(56)35(19(13-49)68-44)73-42-28(58)24(54)33(17(11-47)66-42)71-41-27(57)23(53)34(18(12-48)65-41)72-43-29(59)25(55)36(74-45)20(14-50)67-43/h17-62H,3-16H2,1-2H3/t17-,18-,19-,20-,21-,22-,23-,24-,25-,26-,27-,28-,29-,30-,31-,32-,33-,34-,35-,36-,37+,38+,39-,40-,41-,42-,43-,44-,45-,46-/m1/s1. The van der Waals surface area contributed by atoms with Crippen LogP contribution >= 0.6 is 0 Å². The molecule has 0 amide bonds. The van der Waals surface area contributed by atoms with E-state index in [1.807, 2.05) is 13.8 Å². The Bertz CT molecular complexity index is 1670. The average Bonchev–Trinajstić information content (AvgIpc) is 3.43. The van der Waals surface area contributed by atoms with Crippen LogP contribution in [0.2, 0.25) is 0 Å². The lowest BCUT2D eigenvalue weighted by atomic mass is 9.94. The lowest BCUT2D eigenvalue weighted by Crippen LogP contribution is -2.69. The molecule has 0 aromatic carbocycles. The quantitative estimate of drug-likeness (QED) is 0.0638. The van der Waals surface area contributed by atoms with Crippen molar-refractivity contribution >= 4 is 0 Å². The molecule has 30 atom stereocenters. The number of aliphatic hydroxyl groups excluding tert-OH is 16. The molecule has 22 aliphatic heterocycles. The van der Waals surface area contributed by atoms with Gasteiger partial charge < -0.3 is 148 Å². The molecule has 0 aromatic heterocycles. The van der Waals surface area contributed by atoms with Crippen LogP contribution in [0.15, 0.2) is 0 Å². The van der Waals surface area contributed by atoms with Crippen molar-refractivity contribution in [1.82, 2.24) is 0 Å². The zero-order valence-electron chi connectivity index (χ0n) is 42.1. The average molecular weight is 1110 g/mol. The van der Waals surface area contributed by atoms with Crippen molar-refractivity contribution < 1.29 is 148 Å². The van der Waals surface area contributed by atoms with Crippen molar-refractivity contribution in [3.8, 4) is 0 Å². The first-order valence-electron chi connectivity index (χ1n) is 26.0. The Morgan fingerprint density at radius 3 is 0.697 bits per heavy atom. The summed E-state index contributed by atoms with van der Waals surface area (Å²) in [7, 11) is 0. The van der Waals surface area contributed by atoms with Crippen LogP contribution in [0.1, 0.15) is 52.4 Å². The molecular formula is C46H80O30. The molecular weight excluding hydrogens is 1030 g/mol. The van der Waals surface area contributed by atoms with E-state index < -0.39 is 224 Å². The highest BCUT2D eigenvalue weighted by Crippen LogP contribution is 2.39. The number of hydrogen-bond donors (Lipinski definition) is 16. The van der Waals surface area contributed by atoms with Gasteiger partial charge in [0, 0.05) is 13.2 Å². The van der Waals surface area contributed by atoms with Gasteiger partial charge in [-0.3, -0.25) is 0 Å². The summed E-state index contributed by atoms with van der Waals surface area (Å²) in [5.74, 6) is 0. The first-order valence-corrected chi connectivity index (χ1v) is 26.0. The second kappa shape index (κ2) is 28.7. The lowest BCUT2D eigenvalue weighted by molar-refractivity contribution is -0.405. The van der Waals surface area contributed by atoms with Crippen molar-refractivity contribution in [3.63, 3.8) is 0 Å². The zero-order chi connectivity index (χ0) is 55.1. The Morgan fingerprint density at radius 2 is 0.474 bits per heavy atom. The van der Waals surface area contributed by atoms with Crippen LogP contribution in [-0.2, 0) is 66.3 Å². The number of unbranched alkanes of at least 4 members (excludes halogenated alkanes) is 4. The molecule has 30 nitrogen and oxygen atoms in total. The molecule has 0 radical (unpaired) electrons. The number of ether oxygens (including phenoxy) is 14. The van der Waals surface area contributed by atoms with Crippen LogP contribution in [0.3, 0.4) is 0 Å². The molecule has 0 aromatic rings. The Labute approximate surface area is 436 Å². The fourth-order valence-electron chi connectivity index (χ4n) is 10.4. The maximum Gasteiger partial charge on any atom is 0.187 e. The van der Waals surface area contributed by atoms with Crippen LogP contribution < -0.4 is 0 Å². The third kappa shape index (κ3) is 13.5. The molecule has 76 heavy (non-hydrogen) atoms. The second-order valence-corrected chi connectivity index (χ2v) is 19.9. The number of hydrogen-bond acceptors (Lipinski definition) is 30.